The average Bonchev–Trinajstić information content (AvgIpc) is 2.23. The van der Waals surface area contributed by atoms with Crippen molar-refractivity contribution in [3.05, 3.63) is 23.3 Å². The lowest BCUT2D eigenvalue weighted by atomic mass is 10.1. The van der Waals surface area contributed by atoms with Gasteiger partial charge in [-0.2, -0.15) is 0 Å². The van der Waals surface area contributed by atoms with Crippen molar-refractivity contribution in [1.29, 1.82) is 0 Å². The summed E-state index contributed by atoms with van der Waals surface area (Å²) in [5.74, 6) is 0.140. The van der Waals surface area contributed by atoms with Crippen LogP contribution in [0.15, 0.2) is 22.0 Å². The molecule has 1 aliphatic rings. The van der Waals surface area contributed by atoms with Crippen molar-refractivity contribution in [3.8, 4) is 0 Å². The number of anilines is 1. The molecule has 0 aliphatic carbocycles. The topological polar surface area (TPSA) is 90.8 Å². The molecular weight excluding hydrogens is 254 g/mol. The number of fused-ring (bicyclic) bond motifs is 1. The first-order valence-corrected chi connectivity index (χ1v) is 6.99. The number of nitrogens with one attached hydrogen (secondary N) is 2. The van der Waals surface area contributed by atoms with Crippen molar-refractivity contribution in [2.75, 3.05) is 18.5 Å². The van der Waals surface area contributed by atoms with E-state index in [4.69, 9.17) is 5.11 Å². The van der Waals surface area contributed by atoms with Crippen LogP contribution in [0.3, 0.4) is 0 Å². The number of guanidine groups is 1. The van der Waals surface area contributed by atoms with Gasteiger partial charge in [-0.05, 0) is 31.0 Å². The van der Waals surface area contributed by atoms with Crippen LogP contribution in [-0.2, 0) is 10.0 Å². The standard InChI is InChI=1S/C11H15N3O3S/c1-7-5-8(2)10-9(6-7)13-11(12-3-4-15)14-18(10,16)17/h5-6,15H,3-4H2,1-2H3,(H2,12,13,14). The summed E-state index contributed by atoms with van der Waals surface area (Å²) >= 11 is 0. The smallest absolute Gasteiger partial charge is 0.266 e. The maximum Gasteiger partial charge on any atom is 0.266 e. The molecule has 3 N–H and O–H groups in total. The summed E-state index contributed by atoms with van der Waals surface area (Å²) in [4.78, 5) is 4.17. The predicted octanol–water partition coefficient (Wildman–Crippen LogP) is 0.356. The van der Waals surface area contributed by atoms with Crippen molar-refractivity contribution in [1.82, 2.24) is 4.72 Å². The fraction of sp³-hybridized carbons (Fsp3) is 0.364. The molecule has 2 rings (SSSR count). The third-order valence-corrected chi connectivity index (χ3v) is 4.08. The minimum atomic E-state index is -3.59. The molecule has 1 aliphatic heterocycles. The highest BCUT2D eigenvalue weighted by molar-refractivity contribution is 7.90. The third-order valence-electron chi connectivity index (χ3n) is 2.54. The summed E-state index contributed by atoms with van der Waals surface area (Å²) in [6.07, 6.45) is 0. The molecule has 0 radical (unpaired) electrons. The number of aliphatic imine (C=N–C) groups is 1. The maximum atomic E-state index is 12.1. The van der Waals surface area contributed by atoms with Gasteiger partial charge in [-0.1, -0.05) is 6.07 Å². The first-order chi connectivity index (χ1) is 8.44. The summed E-state index contributed by atoms with van der Waals surface area (Å²) in [7, 11) is -3.59. The lowest BCUT2D eigenvalue weighted by Crippen LogP contribution is -2.41. The molecule has 98 valence electrons. The van der Waals surface area contributed by atoms with Crippen molar-refractivity contribution >= 4 is 21.7 Å². The minimum absolute atomic E-state index is 0.132. The SMILES string of the molecule is Cc1cc(C)c2c(c1)NC(=NCCO)NS2(=O)=O. The minimum Gasteiger partial charge on any atom is -0.394 e. The second kappa shape index (κ2) is 4.58. The number of nitrogens with zero attached hydrogens (tertiary/aromatic N) is 1. The largest absolute Gasteiger partial charge is 0.394 e. The second-order valence-corrected chi connectivity index (χ2v) is 5.76. The fourth-order valence-corrected chi connectivity index (χ4v) is 3.32. The highest BCUT2D eigenvalue weighted by atomic mass is 32.2. The Kier molecular flexibility index (Phi) is 3.27. The van der Waals surface area contributed by atoms with Crippen molar-refractivity contribution in [2.24, 2.45) is 4.99 Å². The third kappa shape index (κ3) is 2.32. The normalized spacial score (nSPS) is 18.9. The maximum absolute atomic E-state index is 12.1. The van der Waals surface area contributed by atoms with Crippen LogP contribution >= 0.6 is 0 Å². The summed E-state index contributed by atoms with van der Waals surface area (Å²) in [5, 5.41) is 11.6. The van der Waals surface area contributed by atoms with E-state index in [0.717, 1.165) is 5.56 Å². The van der Waals surface area contributed by atoms with Crippen LogP contribution < -0.4 is 10.0 Å². The molecule has 0 atom stereocenters. The molecule has 7 heteroatoms. The van der Waals surface area contributed by atoms with Gasteiger partial charge in [0.2, 0.25) is 5.96 Å². The van der Waals surface area contributed by atoms with Crippen LogP contribution in [0.2, 0.25) is 0 Å². The van der Waals surface area contributed by atoms with Gasteiger partial charge in [0.25, 0.3) is 10.0 Å². The molecule has 0 bridgehead atoms. The number of benzene rings is 1. The molecule has 0 spiro atoms. The van der Waals surface area contributed by atoms with Gasteiger partial charge in [0.1, 0.15) is 4.90 Å². The van der Waals surface area contributed by atoms with Gasteiger partial charge in [-0.15, -0.1) is 0 Å². The Morgan fingerprint density at radius 1 is 1.33 bits per heavy atom. The van der Waals surface area contributed by atoms with Gasteiger partial charge in [-0.25, -0.2) is 18.1 Å². The van der Waals surface area contributed by atoms with Crippen LogP contribution in [-0.4, -0.2) is 32.6 Å². The van der Waals surface area contributed by atoms with Crippen LogP contribution in [0.25, 0.3) is 0 Å². The highest BCUT2D eigenvalue weighted by Gasteiger charge is 2.28. The summed E-state index contributed by atoms with van der Waals surface area (Å²) in [6.45, 7) is 3.66. The molecule has 0 unspecified atom stereocenters. The number of aliphatic hydroxyl groups is 1. The van der Waals surface area contributed by atoms with E-state index in [9.17, 15) is 8.42 Å². The van der Waals surface area contributed by atoms with Gasteiger partial charge >= 0.3 is 0 Å². The van der Waals surface area contributed by atoms with Crippen molar-refractivity contribution in [2.45, 2.75) is 18.7 Å². The number of sulfonamides is 1. The zero-order valence-electron chi connectivity index (χ0n) is 10.2. The van der Waals surface area contributed by atoms with Gasteiger partial charge in [-0.3, -0.25) is 0 Å². The zero-order valence-corrected chi connectivity index (χ0v) is 11.0. The number of aliphatic hydroxyl groups excluding tert-OH is 1. The summed E-state index contributed by atoms with van der Waals surface area (Å²) in [5.41, 5.74) is 2.17. The molecule has 0 aromatic heterocycles. The summed E-state index contributed by atoms with van der Waals surface area (Å²) < 4.78 is 26.5. The molecule has 1 heterocycles. The second-order valence-electron chi connectivity index (χ2n) is 4.14. The molecule has 0 amide bonds. The zero-order chi connectivity index (χ0) is 13.3. The van der Waals surface area contributed by atoms with Crippen LogP contribution in [0.1, 0.15) is 11.1 Å². The molecule has 0 saturated heterocycles. The van der Waals surface area contributed by atoms with Crippen molar-refractivity contribution < 1.29 is 13.5 Å². The van der Waals surface area contributed by atoms with E-state index < -0.39 is 10.0 Å². The quantitative estimate of drug-likeness (QED) is 0.723. The summed E-state index contributed by atoms with van der Waals surface area (Å²) in [6, 6.07) is 3.57. The monoisotopic (exact) mass is 269 g/mol. The van der Waals surface area contributed by atoms with Crippen LogP contribution in [0.4, 0.5) is 5.69 Å². The predicted molar refractivity (Wildman–Crippen MR) is 69.2 cm³/mol. The Bertz CT molecular complexity index is 608. The molecule has 18 heavy (non-hydrogen) atoms. The van der Waals surface area contributed by atoms with Gasteiger partial charge in [0, 0.05) is 0 Å². The van der Waals surface area contributed by atoms with E-state index in [2.05, 4.69) is 15.0 Å². The number of hydrogen-bond acceptors (Lipinski definition) is 4. The first kappa shape index (κ1) is 12.8. The van der Waals surface area contributed by atoms with E-state index in [0.29, 0.717) is 11.3 Å². The van der Waals surface area contributed by atoms with Crippen LogP contribution in [0.5, 0.6) is 0 Å². The first-order valence-electron chi connectivity index (χ1n) is 5.50. The average molecular weight is 269 g/mol. The molecule has 1 aromatic rings. The van der Waals surface area contributed by atoms with E-state index in [1.807, 2.05) is 13.0 Å². The van der Waals surface area contributed by atoms with E-state index >= 15 is 0 Å². The molecule has 6 nitrogen and oxygen atoms in total. The lowest BCUT2D eigenvalue weighted by molar-refractivity contribution is 0.307. The number of hydrogen-bond donors (Lipinski definition) is 3. The van der Waals surface area contributed by atoms with Gasteiger partial charge in [0.05, 0.1) is 18.8 Å². The van der Waals surface area contributed by atoms with Gasteiger partial charge in [0.15, 0.2) is 0 Å². The van der Waals surface area contributed by atoms with E-state index in [1.165, 1.54) is 0 Å². The van der Waals surface area contributed by atoms with E-state index in [1.54, 1.807) is 13.0 Å². The Hall–Kier alpha value is -1.60. The number of rotatable bonds is 2. The Morgan fingerprint density at radius 3 is 2.72 bits per heavy atom. The molecule has 0 saturated carbocycles. The molecular formula is C11H15N3O3S. The Balaban J connectivity index is 2.54. The molecule has 0 fully saturated rings. The van der Waals surface area contributed by atoms with Crippen LogP contribution in [0, 0.1) is 13.8 Å². The van der Waals surface area contributed by atoms with Crippen molar-refractivity contribution in [3.63, 3.8) is 0 Å². The molecule has 1 aromatic carbocycles. The Labute approximate surface area is 106 Å². The lowest BCUT2D eigenvalue weighted by Gasteiger charge is -2.23. The fourth-order valence-electron chi connectivity index (χ4n) is 1.97. The van der Waals surface area contributed by atoms with E-state index in [-0.39, 0.29) is 24.0 Å². The Morgan fingerprint density at radius 2 is 2.06 bits per heavy atom. The highest BCUT2D eigenvalue weighted by Crippen LogP contribution is 2.29. The number of aryl methyl sites for hydroxylation is 2. The van der Waals surface area contributed by atoms with Gasteiger partial charge < -0.3 is 10.4 Å².